The number of Topliss-reactive ketones (excluding diaryl/α,β-unsaturated/α-hetero) is 1. The minimum atomic E-state index is 0.259. The van der Waals surface area contributed by atoms with E-state index < -0.39 is 0 Å². The highest BCUT2D eigenvalue weighted by molar-refractivity contribution is 5.75. The predicted molar refractivity (Wildman–Crippen MR) is 137 cm³/mol. The highest BCUT2D eigenvalue weighted by atomic mass is 16.1. The Balaban J connectivity index is 0.000000628. The van der Waals surface area contributed by atoms with Crippen molar-refractivity contribution in [1.82, 2.24) is 10.2 Å². The number of hydrogen-bond donors (Lipinski definition) is 1. The van der Waals surface area contributed by atoms with Crippen LogP contribution in [0.1, 0.15) is 79.1 Å². The van der Waals surface area contributed by atoms with Crippen molar-refractivity contribution in [2.45, 2.75) is 74.1 Å². The van der Waals surface area contributed by atoms with Gasteiger partial charge in [-0.05, 0) is 64.5 Å². The average Bonchev–Trinajstić information content (AvgIpc) is 3.22. The molecule has 0 fully saturated rings. The van der Waals surface area contributed by atoms with Crippen molar-refractivity contribution in [3.8, 4) is 0 Å². The van der Waals surface area contributed by atoms with Crippen LogP contribution in [-0.2, 0) is 11.2 Å². The van der Waals surface area contributed by atoms with Gasteiger partial charge in [0.25, 0.3) is 0 Å². The van der Waals surface area contributed by atoms with Crippen molar-refractivity contribution in [3.63, 3.8) is 0 Å². The zero-order chi connectivity index (χ0) is 23.6. The van der Waals surface area contributed by atoms with Crippen LogP contribution >= 0.6 is 0 Å². The standard InChI is InChI=1S/C16H22N2O.C10H14.C2H6/c1-4-8-14(9-5-2)16-12-15(17-18-16)11-7-6-10-13(3)19;1-4-10-6-5-8(2)7-9(10)3;1-2/h4-5,8-9,12H,1,6-7,10-11H2,2-3H3,(H,17,18);4-7,9H,1-3H3;1-2H3/b9-5-,14-8+;10-4-;. The highest BCUT2D eigenvalue weighted by Gasteiger charge is 2.05. The van der Waals surface area contributed by atoms with Crippen LogP contribution in [-0.4, -0.2) is 16.0 Å². The van der Waals surface area contributed by atoms with Gasteiger partial charge in [0.05, 0.1) is 5.69 Å². The lowest BCUT2D eigenvalue weighted by Crippen LogP contribution is -1.97. The van der Waals surface area contributed by atoms with Gasteiger partial charge in [0, 0.05) is 17.7 Å². The molecule has 1 aliphatic carbocycles. The van der Waals surface area contributed by atoms with Crippen LogP contribution in [0.4, 0.5) is 0 Å². The second-order valence-electron chi connectivity index (χ2n) is 7.37. The lowest BCUT2D eigenvalue weighted by atomic mass is 9.93. The minimum absolute atomic E-state index is 0.259. The van der Waals surface area contributed by atoms with Crippen molar-refractivity contribution >= 4 is 11.4 Å². The second-order valence-corrected chi connectivity index (χ2v) is 7.37. The fourth-order valence-electron chi connectivity index (χ4n) is 3.14. The van der Waals surface area contributed by atoms with E-state index >= 15 is 0 Å². The van der Waals surface area contributed by atoms with Gasteiger partial charge < -0.3 is 4.79 Å². The molecule has 0 aliphatic heterocycles. The molecule has 0 saturated heterocycles. The number of aromatic nitrogens is 2. The summed E-state index contributed by atoms with van der Waals surface area (Å²) in [5.41, 5.74) is 5.88. The van der Waals surface area contributed by atoms with Crippen molar-refractivity contribution in [2.24, 2.45) is 5.92 Å². The van der Waals surface area contributed by atoms with Crippen molar-refractivity contribution in [1.29, 1.82) is 0 Å². The maximum absolute atomic E-state index is 10.8. The molecule has 1 aromatic heterocycles. The number of nitrogens with zero attached hydrogens (tertiary/aromatic N) is 1. The van der Waals surface area contributed by atoms with E-state index in [-0.39, 0.29) is 5.78 Å². The maximum atomic E-state index is 10.8. The van der Waals surface area contributed by atoms with Crippen LogP contribution in [0.25, 0.3) is 5.57 Å². The number of nitrogens with one attached hydrogen (secondary N) is 1. The van der Waals surface area contributed by atoms with Crippen LogP contribution in [0.15, 0.2) is 72.4 Å². The molecule has 0 radical (unpaired) electrons. The summed E-state index contributed by atoms with van der Waals surface area (Å²) in [6.07, 6.45) is 20.0. The van der Waals surface area contributed by atoms with Gasteiger partial charge in [-0.2, -0.15) is 5.10 Å². The summed E-state index contributed by atoms with van der Waals surface area (Å²) in [6.45, 7) is 17.8. The maximum Gasteiger partial charge on any atom is 0.129 e. The SMILES string of the molecule is C/C=C1/C=CC(C)=CC1C.C=C/C=C(\C=C/C)c1cc(CCCCC(C)=O)[nH]n1.CC. The van der Waals surface area contributed by atoms with Crippen molar-refractivity contribution in [3.05, 3.63) is 83.8 Å². The Bertz CT molecular complexity index is 816. The smallest absolute Gasteiger partial charge is 0.129 e. The van der Waals surface area contributed by atoms with E-state index in [0.29, 0.717) is 12.3 Å². The van der Waals surface area contributed by atoms with E-state index in [1.807, 2.05) is 39.0 Å². The Morgan fingerprint density at radius 3 is 2.48 bits per heavy atom. The van der Waals surface area contributed by atoms with Gasteiger partial charge in [-0.25, -0.2) is 0 Å². The van der Waals surface area contributed by atoms with Crippen LogP contribution in [0.2, 0.25) is 0 Å². The number of ketones is 1. The summed E-state index contributed by atoms with van der Waals surface area (Å²) < 4.78 is 0. The molecule has 2 rings (SSSR count). The normalized spacial score (nSPS) is 16.9. The molecule has 170 valence electrons. The van der Waals surface area contributed by atoms with Crippen LogP contribution in [0.5, 0.6) is 0 Å². The molecule has 1 atom stereocenters. The number of carbonyl (C=O) groups excluding carboxylic acids is 1. The zero-order valence-corrected chi connectivity index (χ0v) is 20.7. The van der Waals surface area contributed by atoms with Gasteiger partial charge >= 0.3 is 0 Å². The highest BCUT2D eigenvalue weighted by Crippen LogP contribution is 2.21. The molecule has 3 nitrogen and oxygen atoms in total. The first-order chi connectivity index (χ1) is 14.9. The topological polar surface area (TPSA) is 45.8 Å². The molecule has 0 bridgehead atoms. The average molecular weight is 423 g/mol. The minimum Gasteiger partial charge on any atom is -0.300 e. The van der Waals surface area contributed by atoms with E-state index in [0.717, 1.165) is 36.2 Å². The summed E-state index contributed by atoms with van der Waals surface area (Å²) >= 11 is 0. The summed E-state index contributed by atoms with van der Waals surface area (Å²) in [5.74, 6) is 0.865. The molecule has 0 spiro atoms. The summed E-state index contributed by atoms with van der Waals surface area (Å²) in [6, 6.07) is 2.06. The third kappa shape index (κ3) is 11.9. The number of hydrogen-bond acceptors (Lipinski definition) is 2. The molecule has 0 aromatic carbocycles. The number of allylic oxidation sites excluding steroid dienone is 11. The zero-order valence-electron chi connectivity index (χ0n) is 20.7. The molecule has 3 heteroatoms. The number of H-pyrrole nitrogens is 1. The van der Waals surface area contributed by atoms with Crippen LogP contribution < -0.4 is 0 Å². The first kappa shape index (κ1) is 28.3. The molecule has 1 unspecified atom stereocenters. The van der Waals surface area contributed by atoms with E-state index in [1.165, 1.54) is 11.1 Å². The number of rotatable bonds is 8. The van der Waals surface area contributed by atoms with Gasteiger partial charge in [0.2, 0.25) is 0 Å². The molecule has 31 heavy (non-hydrogen) atoms. The molecular weight excluding hydrogens is 380 g/mol. The number of unbranched alkanes of at least 4 members (excludes halogenated alkanes) is 1. The summed E-state index contributed by atoms with van der Waals surface area (Å²) in [7, 11) is 0. The second kappa shape index (κ2) is 17.0. The van der Waals surface area contributed by atoms with Crippen LogP contribution in [0, 0.1) is 5.92 Å². The molecule has 1 N–H and O–H groups in total. The van der Waals surface area contributed by atoms with E-state index in [2.05, 4.69) is 67.9 Å². The number of aryl methyl sites for hydroxylation is 1. The third-order valence-corrected chi connectivity index (χ3v) is 4.71. The van der Waals surface area contributed by atoms with E-state index in [1.54, 1.807) is 13.0 Å². The molecular formula is C28H42N2O. The van der Waals surface area contributed by atoms with E-state index in [4.69, 9.17) is 0 Å². The monoisotopic (exact) mass is 422 g/mol. The molecule has 1 aromatic rings. The first-order valence-corrected chi connectivity index (χ1v) is 11.4. The predicted octanol–water partition coefficient (Wildman–Crippen LogP) is 7.97. The third-order valence-electron chi connectivity index (χ3n) is 4.71. The van der Waals surface area contributed by atoms with Gasteiger partial charge in [-0.1, -0.05) is 81.5 Å². The number of aromatic amines is 1. The molecule has 0 saturated carbocycles. The van der Waals surface area contributed by atoms with Crippen LogP contribution in [0.3, 0.4) is 0 Å². The Kier molecular flexibility index (Phi) is 15.6. The lowest BCUT2D eigenvalue weighted by molar-refractivity contribution is -0.117. The van der Waals surface area contributed by atoms with Gasteiger partial charge in [-0.3, -0.25) is 5.10 Å². The Labute approximate surface area is 190 Å². The molecule has 0 amide bonds. The van der Waals surface area contributed by atoms with Gasteiger partial charge in [0.1, 0.15) is 5.78 Å². The Morgan fingerprint density at radius 2 is 1.94 bits per heavy atom. The lowest BCUT2D eigenvalue weighted by Gasteiger charge is -2.12. The summed E-state index contributed by atoms with van der Waals surface area (Å²) in [4.78, 5) is 10.8. The van der Waals surface area contributed by atoms with E-state index in [9.17, 15) is 4.79 Å². The van der Waals surface area contributed by atoms with Gasteiger partial charge in [-0.15, -0.1) is 0 Å². The molecule has 1 aliphatic rings. The molecule has 1 heterocycles. The Hall–Kier alpha value is -2.68. The van der Waals surface area contributed by atoms with Crippen molar-refractivity contribution < 1.29 is 4.79 Å². The fraction of sp³-hybridized carbons (Fsp3) is 0.429. The number of carbonyl (C=O) groups is 1. The van der Waals surface area contributed by atoms with Crippen molar-refractivity contribution in [2.75, 3.05) is 0 Å². The fourth-order valence-corrected chi connectivity index (χ4v) is 3.14. The summed E-state index contributed by atoms with van der Waals surface area (Å²) in [5, 5.41) is 7.36. The largest absolute Gasteiger partial charge is 0.300 e. The quantitative estimate of drug-likeness (QED) is 0.341. The Morgan fingerprint density at radius 1 is 1.23 bits per heavy atom. The first-order valence-electron chi connectivity index (χ1n) is 11.4. The van der Waals surface area contributed by atoms with Gasteiger partial charge in [0.15, 0.2) is 0 Å².